The second kappa shape index (κ2) is 7.70. The summed E-state index contributed by atoms with van der Waals surface area (Å²) in [5.74, 6) is -0.142. The van der Waals surface area contributed by atoms with Crippen LogP contribution in [0.25, 0.3) is 0 Å². The van der Waals surface area contributed by atoms with E-state index >= 15 is 0 Å². The number of hydrogen-bond donors (Lipinski definition) is 2. The van der Waals surface area contributed by atoms with Crippen LogP contribution in [0.15, 0.2) is 78.9 Å². The first-order valence-corrected chi connectivity index (χ1v) is 6.80. The number of para-hydroxylation sites is 1. The minimum atomic E-state index is -0.142. The summed E-state index contributed by atoms with van der Waals surface area (Å²) in [6, 6.07) is 17.5. The first kappa shape index (κ1) is 14.6. The standard InChI is InChI=1S/C18H18N2O/c1-2-3-5-10-18(21)20-17-13-11-16(12-14-17)19-15-8-6-4-7-9-15/h2-14,19H,1H3,(H,20,21)/b3-2+,10-5+. The Hall–Kier alpha value is -2.81. The van der Waals surface area contributed by atoms with Gasteiger partial charge >= 0.3 is 0 Å². The zero-order valence-electron chi connectivity index (χ0n) is 11.9. The molecule has 0 fully saturated rings. The third-order valence-electron chi connectivity index (χ3n) is 2.77. The molecule has 0 aliphatic carbocycles. The minimum absolute atomic E-state index is 0.142. The summed E-state index contributed by atoms with van der Waals surface area (Å²) in [7, 11) is 0. The van der Waals surface area contributed by atoms with Crippen molar-refractivity contribution in [2.45, 2.75) is 6.92 Å². The molecule has 0 bridgehead atoms. The summed E-state index contributed by atoms with van der Waals surface area (Å²) in [5, 5.41) is 6.09. The highest BCUT2D eigenvalue weighted by Crippen LogP contribution is 2.18. The van der Waals surface area contributed by atoms with Crippen LogP contribution in [0, 0.1) is 0 Å². The number of allylic oxidation sites excluding steroid dienone is 3. The number of amides is 1. The molecule has 0 radical (unpaired) electrons. The van der Waals surface area contributed by atoms with Gasteiger partial charge in [-0.1, -0.05) is 36.4 Å². The molecule has 0 atom stereocenters. The molecule has 1 amide bonds. The summed E-state index contributed by atoms with van der Waals surface area (Å²) in [6.45, 7) is 1.90. The highest BCUT2D eigenvalue weighted by molar-refractivity contribution is 5.99. The van der Waals surface area contributed by atoms with Gasteiger partial charge in [-0.25, -0.2) is 0 Å². The average molecular weight is 278 g/mol. The first-order valence-electron chi connectivity index (χ1n) is 6.80. The summed E-state index contributed by atoms with van der Waals surface area (Å²) in [5.41, 5.74) is 2.77. The Morgan fingerprint density at radius 3 is 2.14 bits per heavy atom. The molecule has 0 saturated heterocycles. The zero-order chi connectivity index (χ0) is 14.9. The number of nitrogens with one attached hydrogen (secondary N) is 2. The maximum atomic E-state index is 11.6. The van der Waals surface area contributed by atoms with E-state index in [1.807, 2.05) is 73.7 Å². The van der Waals surface area contributed by atoms with Crippen molar-refractivity contribution in [3.8, 4) is 0 Å². The number of carbonyl (C=O) groups excluding carboxylic acids is 1. The third kappa shape index (κ3) is 4.99. The highest BCUT2D eigenvalue weighted by Gasteiger charge is 1.98. The molecule has 0 heterocycles. The van der Waals surface area contributed by atoms with Gasteiger partial charge in [-0.3, -0.25) is 4.79 Å². The van der Waals surface area contributed by atoms with E-state index in [1.165, 1.54) is 6.08 Å². The largest absolute Gasteiger partial charge is 0.356 e. The summed E-state index contributed by atoms with van der Waals surface area (Å²) in [6.07, 6.45) is 6.89. The molecule has 3 nitrogen and oxygen atoms in total. The third-order valence-corrected chi connectivity index (χ3v) is 2.77. The van der Waals surface area contributed by atoms with Gasteiger partial charge in [-0.2, -0.15) is 0 Å². The summed E-state index contributed by atoms with van der Waals surface area (Å²) < 4.78 is 0. The van der Waals surface area contributed by atoms with E-state index in [0.717, 1.165) is 17.1 Å². The molecule has 0 unspecified atom stereocenters. The Bertz CT molecular complexity index is 628. The second-order valence-electron chi connectivity index (χ2n) is 4.44. The SMILES string of the molecule is C/C=C/C=C/C(=O)Nc1ccc(Nc2ccccc2)cc1. The Morgan fingerprint density at radius 2 is 1.48 bits per heavy atom. The second-order valence-corrected chi connectivity index (χ2v) is 4.44. The number of anilines is 3. The van der Waals surface area contributed by atoms with Crippen LogP contribution in [0.1, 0.15) is 6.92 Å². The van der Waals surface area contributed by atoms with Gasteiger partial charge in [0.25, 0.3) is 0 Å². The number of benzene rings is 2. The Kier molecular flexibility index (Phi) is 5.35. The first-order chi connectivity index (χ1) is 10.3. The fraction of sp³-hybridized carbons (Fsp3) is 0.0556. The van der Waals surface area contributed by atoms with E-state index in [1.54, 1.807) is 6.08 Å². The summed E-state index contributed by atoms with van der Waals surface area (Å²) in [4.78, 5) is 11.6. The molecular weight excluding hydrogens is 260 g/mol. The van der Waals surface area contributed by atoms with Crippen LogP contribution in [0.2, 0.25) is 0 Å². The number of hydrogen-bond acceptors (Lipinski definition) is 2. The van der Waals surface area contributed by atoms with E-state index in [4.69, 9.17) is 0 Å². The fourth-order valence-electron chi connectivity index (χ4n) is 1.76. The smallest absolute Gasteiger partial charge is 0.248 e. The zero-order valence-corrected chi connectivity index (χ0v) is 11.9. The van der Waals surface area contributed by atoms with Crippen molar-refractivity contribution in [1.29, 1.82) is 0 Å². The van der Waals surface area contributed by atoms with E-state index in [-0.39, 0.29) is 5.91 Å². The molecule has 2 aromatic carbocycles. The van der Waals surface area contributed by atoms with Gasteiger partial charge in [0.2, 0.25) is 5.91 Å². The molecular formula is C18H18N2O. The fourth-order valence-corrected chi connectivity index (χ4v) is 1.76. The van der Waals surface area contributed by atoms with Crippen LogP contribution in [0.4, 0.5) is 17.1 Å². The molecule has 0 aliphatic rings. The van der Waals surface area contributed by atoms with Crippen molar-refractivity contribution in [3.05, 3.63) is 78.9 Å². The van der Waals surface area contributed by atoms with Crippen LogP contribution in [0.3, 0.4) is 0 Å². The van der Waals surface area contributed by atoms with Gasteiger partial charge in [0.1, 0.15) is 0 Å². The van der Waals surface area contributed by atoms with Crippen LogP contribution >= 0.6 is 0 Å². The van der Waals surface area contributed by atoms with E-state index in [2.05, 4.69) is 10.6 Å². The summed E-state index contributed by atoms with van der Waals surface area (Å²) >= 11 is 0. The van der Waals surface area contributed by atoms with Gasteiger partial charge in [0.05, 0.1) is 0 Å². The minimum Gasteiger partial charge on any atom is -0.356 e. The predicted octanol–water partition coefficient (Wildman–Crippen LogP) is 4.50. The average Bonchev–Trinajstić information content (AvgIpc) is 2.51. The number of carbonyl (C=O) groups is 1. The molecule has 0 saturated carbocycles. The molecule has 0 spiro atoms. The van der Waals surface area contributed by atoms with E-state index in [9.17, 15) is 4.79 Å². The topological polar surface area (TPSA) is 41.1 Å². The molecule has 0 aromatic heterocycles. The van der Waals surface area contributed by atoms with Crippen molar-refractivity contribution in [1.82, 2.24) is 0 Å². The van der Waals surface area contributed by atoms with Crippen molar-refractivity contribution >= 4 is 23.0 Å². The van der Waals surface area contributed by atoms with Crippen LogP contribution in [0.5, 0.6) is 0 Å². The molecule has 2 N–H and O–H groups in total. The van der Waals surface area contributed by atoms with Gasteiger partial charge in [-0.15, -0.1) is 0 Å². The molecule has 2 rings (SSSR count). The molecule has 3 heteroatoms. The number of rotatable bonds is 5. The maximum absolute atomic E-state index is 11.6. The van der Waals surface area contributed by atoms with Crippen molar-refractivity contribution < 1.29 is 4.79 Å². The van der Waals surface area contributed by atoms with E-state index in [0.29, 0.717) is 0 Å². The van der Waals surface area contributed by atoms with Gasteiger partial charge in [-0.05, 0) is 43.3 Å². The lowest BCUT2D eigenvalue weighted by atomic mass is 10.2. The normalized spacial score (nSPS) is 10.9. The van der Waals surface area contributed by atoms with Crippen LogP contribution < -0.4 is 10.6 Å². The maximum Gasteiger partial charge on any atom is 0.248 e. The lowest BCUT2D eigenvalue weighted by Crippen LogP contribution is -2.07. The monoisotopic (exact) mass is 278 g/mol. The van der Waals surface area contributed by atoms with Gasteiger partial charge in [0.15, 0.2) is 0 Å². The molecule has 21 heavy (non-hydrogen) atoms. The van der Waals surface area contributed by atoms with Crippen molar-refractivity contribution in [2.75, 3.05) is 10.6 Å². The van der Waals surface area contributed by atoms with Gasteiger partial charge < -0.3 is 10.6 Å². The molecule has 106 valence electrons. The van der Waals surface area contributed by atoms with E-state index < -0.39 is 0 Å². The highest BCUT2D eigenvalue weighted by atomic mass is 16.1. The Labute approximate surface area is 125 Å². The Balaban J connectivity index is 1.94. The quantitative estimate of drug-likeness (QED) is 0.624. The van der Waals surface area contributed by atoms with Crippen LogP contribution in [-0.2, 0) is 4.79 Å². The molecule has 0 aliphatic heterocycles. The lowest BCUT2D eigenvalue weighted by Gasteiger charge is -2.07. The predicted molar refractivity (Wildman–Crippen MR) is 88.8 cm³/mol. The van der Waals surface area contributed by atoms with Crippen molar-refractivity contribution in [3.63, 3.8) is 0 Å². The Morgan fingerprint density at radius 1 is 0.857 bits per heavy atom. The lowest BCUT2D eigenvalue weighted by molar-refractivity contribution is -0.111. The van der Waals surface area contributed by atoms with Gasteiger partial charge in [0, 0.05) is 23.1 Å². The van der Waals surface area contributed by atoms with Crippen LogP contribution in [-0.4, -0.2) is 5.91 Å². The van der Waals surface area contributed by atoms with Crippen molar-refractivity contribution in [2.24, 2.45) is 0 Å². The molecule has 2 aromatic rings.